The predicted molar refractivity (Wildman–Crippen MR) is 126 cm³/mol. The second kappa shape index (κ2) is 10.9. The van der Waals surface area contributed by atoms with Crippen LogP contribution < -0.4 is 0 Å². The van der Waals surface area contributed by atoms with Crippen LogP contribution in [-0.4, -0.2) is 96.2 Å². The number of ether oxygens (including phenoxy) is 1. The molecular weight excluding hydrogens is 628 g/mol. The number of aliphatic hydroxyl groups is 1. The molecule has 4 rings (SSSR count). The number of hydrogen-bond donors (Lipinski definition) is 5. The van der Waals surface area contributed by atoms with Crippen LogP contribution in [0.15, 0.2) is 23.9 Å². The van der Waals surface area contributed by atoms with Gasteiger partial charge in [-0.15, -0.1) is 0 Å². The standard InChI is InChI=1S/C16H18BrN5O12P2S/c17-3-7(23)8(24)5-37-16-20-14-10(13-18-1-2-21(13)16)19-6-22(14)15-12(34-36(29,30)31)11(25)9(33-15)4-32-35(26,27)28/h1-2,6,9,11-12,15,25H,3-5H2,(H2,26,27,28)(H2,29,30,31)/t9-,11-,12-,15-/m1/s1. The Morgan fingerprint density at radius 2 is 1.86 bits per heavy atom. The van der Waals surface area contributed by atoms with E-state index >= 15 is 0 Å². The second-order valence-corrected chi connectivity index (χ2v) is 11.4. The van der Waals surface area contributed by atoms with Crippen molar-refractivity contribution in [1.82, 2.24) is 23.9 Å². The molecule has 4 heterocycles. The van der Waals surface area contributed by atoms with Gasteiger partial charge in [-0.25, -0.2) is 24.1 Å². The summed E-state index contributed by atoms with van der Waals surface area (Å²) >= 11 is 3.86. The number of hydrogen-bond acceptors (Lipinski definition) is 12. The van der Waals surface area contributed by atoms with E-state index in [1.807, 2.05) is 0 Å². The van der Waals surface area contributed by atoms with E-state index in [-0.39, 0.29) is 33.1 Å². The van der Waals surface area contributed by atoms with Gasteiger partial charge in [0.15, 0.2) is 28.2 Å². The topological polar surface area (TPSA) is 245 Å². The number of halogens is 1. The maximum Gasteiger partial charge on any atom is 0.470 e. The fourth-order valence-electron chi connectivity index (χ4n) is 3.50. The molecular formula is C16H18BrN5O12P2S. The predicted octanol–water partition coefficient (Wildman–Crippen LogP) is -0.450. The molecule has 0 unspecified atom stereocenters. The van der Waals surface area contributed by atoms with Gasteiger partial charge >= 0.3 is 15.6 Å². The number of aromatic nitrogens is 5. The van der Waals surface area contributed by atoms with E-state index in [1.165, 1.54) is 21.5 Å². The SMILES string of the molecule is O=C(CBr)C(=O)CSc1nc2c(ncn2[C@@H]2O[C@H](COP(=O)(O)O)[C@@H](O)[C@H]2OP(=O)(O)O)c2nccn12. The summed E-state index contributed by atoms with van der Waals surface area (Å²) in [6.45, 7) is -0.835. The number of Topliss-reactive ketones (excluding diaryl/α,β-unsaturated/α-hetero) is 2. The minimum Gasteiger partial charge on any atom is -0.387 e. The van der Waals surface area contributed by atoms with Gasteiger partial charge in [0.05, 0.1) is 24.0 Å². The molecule has 0 radical (unpaired) electrons. The number of imidazole rings is 2. The average molecular weight is 646 g/mol. The first-order valence-corrected chi connectivity index (χ1v) is 15.2. The Kier molecular flexibility index (Phi) is 8.35. The van der Waals surface area contributed by atoms with Gasteiger partial charge in [0.2, 0.25) is 11.6 Å². The molecule has 21 heteroatoms. The lowest BCUT2D eigenvalue weighted by Gasteiger charge is -2.22. The fraction of sp³-hybridized carbons (Fsp3) is 0.438. The summed E-state index contributed by atoms with van der Waals surface area (Å²) in [4.78, 5) is 73.2. The Hall–Kier alpha value is -1.60. The molecule has 202 valence electrons. The second-order valence-electron chi connectivity index (χ2n) is 7.51. The van der Waals surface area contributed by atoms with Crippen LogP contribution in [-0.2, 0) is 32.5 Å². The number of aliphatic hydroxyl groups excluding tert-OH is 1. The van der Waals surface area contributed by atoms with Crippen molar-refractivity contribution in [2.24, 2.45) is 0 Å². The Balaban J connectivity index is 1.73. The van der Waals surface area contributed by atoms with Gasteiger partial charge in [-0.3, -0.25) is 27.6 Å². The number of carbonyl (C=O) groups excluding carboxylic acids is 2. The van der Waals surface area contributed by atoms with Crippen LogP contribution in [0.4, 0.5) is 0 Å². The number of thioether (sulfide) groups is 1. The molecule has 0 saturated carbocycles. The Morgan fingerprint density at radius 3 is 2.51 bits per heavy atom. The Bertz CT molecular complexity index is 1440. The quantitative estimate of drug-likeness (QED) is 0.0582. The third-order valence-electron chi connectivity index (χ3n) is 5.05. The molecule has 37 heavy (non-hydrogen) atoms. The fourth-order valence-corrected chi connectivity index (χ4v) is 5.55. The first-order valence-electron chi connectivity index (χ1n) is 10.0. The zero-order chi connectivity index (χ0) is 27.1. The highest BCUT2D eigenvalue weighted by Crippen LogP contribution is 2.46. The largest absolute Gasteiger partial charge is 0.470 e. The maximum atomic E-state index is 12.0. The molecule has 0 bridgehead atoms. The lowest BCUT2D eigenvalue weighted by atomic mass is 10.1. The molecule has 1 aliphatic rings. The van der Waals surface area contributed by atoms with Gasteiger partial charge < -0.3 is 29.4 Å². The third kappa shape index (κ3) is 6.35. The average Bonchev–Trinajstić information content (AvgIpc) is 3.52. The van der Waals surface area contributed by atoms with Gasteiger partial charge in [-0.05, 0) is 0 Å². The summed E-state index contributed by atoms with van der Waals surface area (Å²) in [5.41, 5.74) is 0.548. The summed E-state index contributed by atoms with van der Waals surface area (Å²) in [6.07, 6.45) is -2.32. The highest BCUT2D eigenvalue weighted by Gasteiger charge is 2.49. The molecule has 0 aliphatic carbocycles. The third-order valence-corrected chi connectivity index (χ3v) is 7.51. The summed E-state index contributed by atoms with van der Waals surface area (Å²) in [5, 5.41) is 10.7. The van der Waals surface area contributed by atoms with Crippen LogP contribution in [0.3, 0.4) is 0 Å². The number of carbonyl (C=O) groups is 2. The Morgan fingerprint density at radius 1 is 1.14 bits per heavy atom. The molecule has 1 aliphatic heterocycles. The number of nitrogens with zero attached hydrogens (tertiary/aromatic N) is 5. The van der Waals surface area contributed by atoms with E-state index in [1.54, 1.807) is 6.20 Å². The number of phosphoric ester groups is 2. The number of rotatable bonds is 11. The minimum atomic E-state index is -5.19. The molecule has 0 aromatic carbocycles. The molecule has 1 saturated heterocycles. The van der Waals surface area contributed by atoms with Gasteiger partial charge in [0, 0.05) is 12.4 Å². The highest BCUT2D eigenvalue weighted by molar-refractivity contribution is 9.09. The van der Waals surface area contributed by atoms with E-state index < -0.39 is 58.4 Å². The zero-order valence-electron chi connectivity index (χ0n) is 18.2. The number of ketones is 2. The van der Waals surface area contributed by atoms with E-state index in [4.69, 9.17) is 19.0 Å². The molecule has 3 aromatic heterocycles. The molecule has 0 spiro atoms. The molecule has 1 fully saturated rings. The number of phosphoric acid groups is 2. The number of alkyl halides is 1. The molecule has 4 atom stereocenters. The van der Waals surface area contributed by atoms with Gasteiger partial charge in [-0.1, -0.05) is 27.7 Å². The maximum absolute atomic E-state index is 12.0. The molecule has 5 N–H and O–H groups in total. The molecule has 0 amide bonds. The normalized spacial score (nSPS) is 22.8. The summed E-state index contributed by atoms with van der Waals surface area (Å²) in [7, 11) is -10.1. The summed E-state index contributed by atoms with van der Waals surface area (Å²) in [5.74, 6) is -1.53. The van der Waals surface area contributed by atoms with Gasteiger partial charge in [0.25, 0.3) is 0 Å². The van der Waals surface area contributed by atoms with Crippen molar-refractivity contribution in [2.75, 3.05) is 17.7 Å². The highest BCUT2D eigenvalue weighted by atomic mass is 79.9. The van der Waals surface area contributed by atoms with Crippen molar-refractivity contribution in [2.45, 2.75) is 29.7 Å². The van der Waals surface area contributed by atoms with Crippen molar-refractivity contribution < 1.29 is 57.2 Å². The van der Waals surface area contributed by atoms with Crippen LogP contribution in [0.5, 0.6) is 0 Å². The smallest absolute Gasteiger partial charge is 0.387 e. The van der Waals surface area contributed by atoms with Crippen molar-refractivity contribution in [3.05, 3.63) is 18.7 Å². The lowest BCUT2D eigenvalue weighted by Crippen LogP contribution is -2.35. The number of fused-ring (bicyclic) bond motifs is 3. The van der Waals surface area contributed by atoms with Crippen molar-refractivity contribution in [1.29, 1.82) is 0 Å². The lowest BCUT2D eigenvalue weighted by molar-refractivity contribution is -0.133. The van der Waals surface area contributed by atoms with E-state index in [0.717, 1.165) is 11.8 Å². The first kappa shape index (κ1) is 28.4. The minimum absolute atomic E-state index is 0.0496. The summed E-state index contributed by atoms with van der Waals surface area (Å²) in [6, 6.07) is 0. The Labute approximate surface area is 218 Å². The van der Waals surface area contributed by atoms with Crippen molar-refractivity contribution in [3.63, 3.8) is 0 Å². The van der Waals surface area contributed by atoms with Crippen LogP contribution >= 0.6 is 43.3 Å². The first-order chi connectivity index (χ1) is 17.3. The van der Waals surface area contributed by atoms with Gasteiger partial charge in [-0.2, -0.15) is 0 Å². The van der Waals surface area contributed by atoms with Crippen molar-refractivity contribution >= 4 is 71.7 Å². The monoisotopic (exact) mass is 645 g/mol. The van der Waals surface area contributed by atoms with E-state index in [0.29, 0.717) is 0 Å². The van der Waals surface area contributed by atoms with Crippen LogP contribution in [0.1, 0.15) is 6.23 Å². The van der Waals surface area contributed by atoms with Gasteiger partial charge in [0.1, 0.15) is 18.3 Å². The van der Waals surface area contributed by atoms with Crippen LogP contribution in [0.2, 0.25) is 0 Å². The van der Waals surface area contributed by atoms with Crippen molar-refractivity contribution in [3.8, 4) is 0 Å². The zero-order valence-corrected chi connectivity index (χ0v) is 22.4. The van der Waals surface area contributed by atoms with E-state index in [9.17, 15) is 33.6 Å². The van der Waals surface area contributed by atoms with E-state index in [2.05, 4.69) is 35.4 Å². The van der Waals surface area contributed by atoms with Crippen LogP contribution in [0, 0.1) is 0 Å². The molecule has 3 aromatic rings. The summed E-state index contributed by atoms with van der Waals surface area (Å²) < 4.78 is 40.1. The van der Waals surface area contributed by atoms with Crippen LogP contribution in [0.25, 0.3) is 16.8 Å². The molecule has 17 nitrogen and oxygen atoms in total.